The lowest BCUT2D eigenvalue weighted by Gasteiger charge is -2.47. The van der Waals surface area contributed by atoms with Crippen LogP contribution in [0.3, 0.4) is 0 Å². The highest BCUT2D eigenvalue weighted by Crippen LogP contribution is 2.48. The van der Waals surface area contributed by atoms with Crippen molar-refractivity contribution in [2.75, 3.05) is 64.0 Å². The number of carbonyl (C=O) groups excluding carboxylic acids is 2. The van der Waals surface area contributed by atoms with Crippen molar-refractivity contribution in [1.29, 1.82) is 0 Å². The van der Waals surface area contributed by atoms with E-state index in [4.69, 9.17) is 21.1 Å². The molecule has 53 heavy (non-hydrogen) atoms. The molecule has 10 nitrogen and oxygen atoms in total. The summed E-state index contributed by atoms with van der Waals surface area (Å²) < 4.78 is 42.0. The number of rotatable bonds is 2. The van der Waals surface area contributed by atoms with Crippen LogP contribution in [-0.2, 0) is 31.4 Å². The molecule has 8 rings (SSSR count). The summed E-state index contributed by atoms with van der Waals surface area (Å²) in [6.45, 7) is 10.4. The van der Waals surface area contributed by atoms with Crippen LogP contribution < -0.4 is 14.4 Å². The van der Waals surface area contributed by atoms with Crippen molar-refractivity contribution in [3.63, 3.8) is 0 Å². The molecule has 2 bridgehead atoms. The number of fused-ring (bicyclic) bond motifs is 5. The second-order valence-electron chi connectivity index (χ2n) is 16.9. The predicted octanol–water partition coefficient (Wildman–Crippen LogP) is 5.66. The summed E-state index contributed by atoms with van der Waals surface area (Å²) in [6, 6.07) is 11.9. The Morgan fingerprint density at radius 3 is 2.72 bits per heavy atom. The maximum absolute atomic E-state index is 14.1. The number of amides is 2. The Hall–Kier alpha value is -2.86. The number of hydrogen-bond donors (Lipinski definition) is 1. The molecule has 2 aliphatic carbocycles. The van der Waals surface area contributed by atoms with Gasteiger partial charge in [-0.05, 0) is 117 Å². The summed E-state index contributed by atoms with van der Waals surface area (Å²) in [4.78, 5) is 34.7. The topological polar surface area (TPSA) is 108 Å². The van der Waals surface area contributed by atoms with Gasteiger partial charge in [0.1, 0.15) is 5.75 Å². The molecule has 3 fully saturated rings. The first-order valence-corrected chi connectivity index (χ1v) is 21.9. The van der Waals surface area contributed by atoms with Gasteiger partial charge < -0.3 is 19.3 Å². The number of aryl methyl sites for hydroxylation is 1. The van der Waals surface area contributed by atoms with Crippen LogP contribution in [0.25, 0.3) is 0 Å². The fourth-order valence-corrected chi connectivity index (χ4v) is 11.8. The highest BCUT2D eigenvalue weighted by Gasteiger charge is 2.45. The molecular weight excluding hydrogens is 712 g/mol. The molecule has 6 aliphatic rings. The minimum Gasteiger partial charge on any atom is -0.490 e. The summed E-state index contributed by atoms with van der Waals surface area (Å²) in [5.74, 6) is 1.16. The molecule has 7 atom stereocenters. The van der Waals surface area contributed by atoms with Crippen molar-refractivity contribution in [3.05, 3.63) is 58.1 Å². The molecule has 2 aromatic rings. The number of ether oxygens (including phenoxy) is 2. The smallest absolute Gasteiger partial charge is 0.264 e. The van der Waals surface area contributed by atoms with Gasteiger partial charge in [0.2, 0.25) is 15.9 Å². The van der Waals surface area contributed by atoms with Gasteiger partial charge in [-0.15, -0.1) is 0 Å². The number of benzene rings is 2. The Balaban J connectivity index is 1.12. The minimum atomic E-state index is -3.93. The summed E-state index contributed by atoms with van der Waals surface area (Å²) in [5, 5.41) is -0.00454. The molecule has 2 amide bonds. The molecule has 12 heteroatoms. The number of nitrogens with zero attached hydrogens (tertiary/aromatic N) is 3. The molecular formula is C41H55ClN4O6S. The van der Waals surface area contributed by atoms with Crippen molar-refractivity contribution >= 4 is 39.1 Å². The van der Waals surface area contributed by atoms with E-state index in [1.165, 1.54) is 11.1 Å². The monoisotopic (exact) mass is 766 g/mol. The van der Waals surface area contributed by atoms with E-state index in [-0.39, 0.29) is 29.2 Å². The van der Waals surface area contributed by atoms with Crippen LogP contribution in [0.1, 0.15) is 86.7 Å². The second-order valence-corrected chi connectivity index (χ2v) is 19.4. The Morgan fingerprint density at radius 1 is 1.02 bits per heavy atom. The van der Waals surface area contributed by atoms with E-state index in [1.807, 2.05) is 25.1 Å². The largest absolute Gasteiger partial charge is 0.490 e. The maximum atomic E-state index is 14.1. The number of halogens is 1. The zero-order valence-corrected chi connectivity index (χ0v) is 32.8. The molecule has 0 radical (unpaired) electrons. The van der Waals surface area contributed by atoms with E-state index in [9.17, 15) is 18.0 Å². The molecule has 1 N–H and O–H groups in total. The molecule has 1 saturated carbocycles. The number of anilines is 1. The maximum Gasteiger partial charge on any atom is 0.264 e. The van der Waals surface area contributed by atoms with Gasteiger partial charge in [-0.1, -0.05) is 31.0 Å². The molecule has 4 heterocycles. The Morgan fingerprint density at radius 2 is 1.89 bits per heavy atom. The molecule has 288 valence electrons. The van der Waals surface area contributed by atoms with Gasteiger partial charge in [0, 0.05) is 61.7 Å². The zero-order valence-electron chi connectivity index (χ0n) is 31.2. The lowest BCUT2D eigenvalue weighted by molar-refractivity contribution is -0.139. The van der Waals surface area contributed by atoms with Gasteiger partial charge >= 0.3 is 0 Å². The third kappa shape index (κ3) is 7.44. The SMILES string of the molecule is C[C@@H]1[C@@H](C)CCC[C@@H](CC(=O)N2CCN3CCOC[C@H]3C2)[C@@H]2CC[C@H]2CN2C[C@@]3(CCCc4cc(Cl)ccc43)COc3ccc(cc32)C(=O)NS1(=O)=O. The lowest BCUT2D eigenvalue weighted by Crippen LogP contribution is -2.59. The van der Waals surface area contributed by atoms with Crippen LogP contribution in [0.4, 0.5) is 5.69 Å². The number of sulfonamides is 1. The highest BCUT2D eigenvalue weighted by atomic mass is 35.5. The summed E-state index contributed by atoms with van der Waals surface area (Å²) in [6.07, 6.45) is 8.10. The highest BCUT2D eigenvalue weighted by molar-refractivity contribution is 7.90. The van der Waals surface area contributed by atoms with Crippen LogP contribution in [0.15, 0.2) is 36.4 Å². The second kappa shape index (κ2) is 15.0. The number of hydrogen-bond acceptors (Lipinski definition) is 8. The van der Waals surface area contributed by atoms with E-state index in [2.05, 4.69) is 31.6 Å². The van der Waals surface area contributed by atoms with Crippen molar-refractivity contribution in [2.24, 2.45) is 23.7 Å². The third-order valence-corrected chi connectivity index (χ3v) is 16.0. The first-order chi connectivity index (χ1) is 25.5. The molecule has 2 aromatic carbocycles. The van der Waals surface area contributed by atoms with Gasteiger partial charge in [-0.3, -0.25) is 14.5 Å². The van der Waals surface area contributed by atoms with Crippen LogP contribution in [0.2, 0.25) is 5.02 Å². The normalized spacial score (nSPS) is 33.3. The summed E-state index contributed by atoms with van der Waals surface area (Å²) in [5.41, 5.74) is 3.40. The molecule has 0 unspecified atom stereocenters. The van der Waals surface area contributed by atoms with Gasteiger partial charge in [-0.25, -0.2) is 13.1 Å². The summed E-state index contributed by atoms with van der Waals surface area (Å²) >= 11 is 6.49. The minimum absolute atomic E-state index is 0.151. The fourth-order valence-electron chi connectivity index (χ4n) is 10.3. The predicted molar refractivity (Wildman–Crippen MR) is 206 cm³/mol. The van der Waals surface area contributed by atoms with Crippen LogP contribution >= 0.6 is 11.6 Å². The van der Waals surface area contributed by atoms with Crippen LogP contribution in [-0.4, -0.2) is 100 Å². The Kier molecular flexibility index (Phi) is 10.5. The standard InChI is InChI=1S/C41H55ClN4O6S/c1-27-5-3-6-29(21-39(47)45-16-15-44-17-18-51-24-34(44)23-45)35-11-8-32(35)22-46-25-41(14-4-7-30-19-33(42)10-12-36(30)41)26-52-38-13-9-31(20-37(38)46)40(48)43-53(49,50)28(27)2/h9-10,12-13,19-20,27-29,32,34-35H,3-8,11,14-18,21-26H2,1-2H3,(H,43,48)/t27-,28+,29-,32-,34+,35-,41-/m0/s1. The number of nitrogens with one attached hydrogen (secondary N) is 1. The van der Waals surface area contributed by atoms with Gasteiger partial charge in [0.15, 0.2) is 0 Å². The van der Waals surface area contributed by atoms with E-state index < -0.39 is 21.2 Å². The van der Waals surface area contributed by atoms with Crippen molar-refractivity contribution in [2.45, 2.75) is 88.3 Å². The number of piperazine rings is 1. The average molecular weight is 767 g/mol. The molecule has 1 spiro atoms. The third-order valence-electron chi connectivity index (χ3n) is 13.8. The van der Waals surface area contributed by atoms with E-state index in [0.717, 1.165) is 95.0 Å². The average Bonchev–Trinajstić information content (AvgIpc) is 3.28. The van der Waals surface area contributed by atoms with Gasteiger partial charge in [0.05, 0.1) is 36.8 Å². The molecule has 2 saturated heterocycles. The van der Waals surface area contributed by atoms with Crippen molar-refractivity contribution in [1.82, 2.24) is 14.5 Å². The number of carbonyl (C=O) groups is 2. The van der Waals surface area contributed by atoms with Gasteiger partial charge in [-0.2, -0.15) is 0 Å². The molecule has 4 aliphatic heterocycles. The first-order valence-electron chi connectivity index (χ1n) is 20.0. The van der Waals surface area contributed by atoms with Crippen molar-refractivity contribution in [3.8, 4) is 5.75 Å². The van der Waals surface area contributed by atoms with E-state index in [1.54, 1.807) is 13.0 Å². The lowest BCUT2D eigenvalue weighted by atomic mass is 9.64. The quantitative estimate of drug-likeness (QED) is 0.418. The zero-order chi connectivity index (χ0) is 36.9. The van der Waals surface area contributed by atoms with E-state index >= 15 is 0 Å². The first kappa shape index (κ1) is 37.1. The summed E-state index contributed by atoms with van der Waals surface area (Å²) in [7, 11) is -3.93. The van der Waals surface area contributed by atoms with Crippen LogP contribution in [0, 0.1) is 23.7 Å². The van der Waals surface area contributed by atoms with Crippen molar-refractivity contribution < 1.29 is 27.5 Å². The molecule has 0 aromatic heterocycles. The van der Waals surface area contributed by atoms with Crippen LogP contribution in [0.5, 0.6) is 5.75 Å². The van der Waals surface area contributed by atoms with E-state index in [0.29, 0.717) is 55.7 Å². The fraction of sp³-hybridized carbons (Fsp3) is 0.659. The Labute approximate surface area is 319 Å². The Bertz CT molecular complexity index is 1820. The van der Waals surface area contributed by atoms with Gasteiger partial charge in [0.25, 0.3) is 5.91 Å². The number of morpholine rings is 1.